The molecule has 0 aromatic carbocycles. The van der Waals surface area contributed by atoms with Gasteiger partial charge >= 0.3 is 0 Å². The normalized spacial score (nSPS) is 21.1. The van der Waals surface area contributed by atoms with Gasteiger partial charge in [-0.25, -0.2) is 0 Å². The SMILES string of the molecule is CC(C)C[C@H](N[C@@H](C[C@@H]1CCNC1=O)C(=O)CCl)C(N)=O. The van der Waals surface area contributed by atoms with E-state index in [1.54, 1.807) is 0 Å². The van der Waals surface area contributed by atoms with Crippen LogP contribution in [-0.4, -0.2) is 42.1 Å². The van der Waals surface area contributed by atoms with Crippen molar-refractivity contribution in [2.24, 2.45) is 17.6 Å². The summed E-state index contributed by atoms with van der Waals surface area (Å²) < 4.78 is 0. The number of halogens is 1. The zero-order valence-corrected chi connectivity index (χ0v) is 13.3. The molecule has 3 atom stereocenters. The van der Waals surface area contributed by atoms with E-state index >= 15 is 0 Å². The van der Waals surface area contributed by atoms with Crippen LogP contribution in [0.4, 0.5) is 0 Å². The van der Waals surface area contributed by atoms with Crippen LogP contribution in [0.2, 0.25) is 0 Å². The van der Waals surface area contributed by atoms with Gasteiger partial charge in [0.05, 0.1) is 18.0 Å². The zero-order valence-electron chi connectivity index (χ0n) is 12.5. The molecule has 0 aromatic heterocycles. The maximum atomic E-state index is 12.0. The molecule has 4 N–H and O–H groups in total. The van der Waals surface area contributed by atoms with E-state index in [2.05, 4.69) is 10.6 Å². The molecule has 0 bridgehead atoms. The summed E-state index contributed by atoms with van der Waals surface area (Å²) in [6.45, 7) is 4.57. The van der Waals surface area contributed by atoms with Gasteiger partial charge in [-0.2, -0.15) is 0 Å². The molecule has 1 heterocycles. The molecule has 0 aliphatic carbocycles. The maximum absolute atomic E-state index is 12.0. The summed E-state index contributed by atoms with van der Waals surface area (Å²) in [5.41, 5.74) is 5.39. The number of carbonyl (C=O) groups is 3. The summed E-state index contributed by atoms with van der Waals surface area (Å²) in [6.07, 6.45) is 1.58. The molecule has 120 valence electrons. The summed E-state index contributed by atoms with van der Waals surface area (Å²) >= 11 is 5.63. The first-order chi connectivity index (χ1) is 9.85. The van der Waals surface area contributed by atoms with Gasteiger partial charge in [-0.05, 0) is 25.2 Å². The van der Waals surface area contributed by atoms with Crippen LogP contribution in [0.3, 0.4) is 0 Å². The van der Waals surface area contributed by atoms with Crippen molar-refractivity contribution in [2.75, 3.05) is 12.4 Å². The highest BCUT2D eigenvalue weighted by Gasteiger charge is 2.32. The molecule has 1 saturated heterocycles. The smallest absolute Gasteiger partial charge is 0.234 e. The fourth-order valence-electron chi connectivity index (χ4n) is 2.52. The molecule has 7 heteroatoms. The number of hydrogen-bond donors (Lipinski definition) is 3. The quantitative estimate of drug-likeness (QED) is 0.528. The van der Waals surface area contributed by atoms with Crippen molar-refractivity contribution < 1.29 is 14.4 Å². The second-order valence-electron chi connectivity index (χ2n) is 5.92. The number of Topliss-reactive ketones (excluding diaryl/α,β-unsaturated/α-hetero) is 1. The first-order valence-corrected chi connectivity index (χ1v) is 7.80. The van der Waals surface area contributed by atoms with E-state index < -0.39 is 18.0 Å². The fraction of sp³-hybridized carbons (Fsp3) is 0.786. The lowest BCUT2D eigenvalue weighted by atomic mass is 9.94. The molecule has 0 unspecified atom stereocenters. The monoisotopic (exact) mass is 317 g/mol. The molecule has 1 rings (SSSR count). The van der Waals surface area contributed by atoms with Crippen molar-refractivity contribution in [3.63, 3.8) is 0 Å². The number of nitrogens with one attached hydrogen (secondary N) is 2. The van der Waals surface area contributed by atoms with E-state index in [0.717, 1.165) is 0 Å². The first kappa shape index (κ1) is 17.9. The van der Waals surface area contributed by atoms with E-state index in [0.29, 0.717) is 25.8 Å². The minimum absolute atomic E-state index is 0.0522. The van der Waals surface area contributed by atoms with Gasteiger partial charge in [0.2, 0.25) is 11.8 Å². The lowest BCUT2D eigenvalue weighted by molar-refractivity contribution is -0.124. The van der Waals surface area contributed by atoms with E-state index in [4.69, 9.17) is 17.3 Å². The second kappa shape index (κ2) is 8.34. The summed E-state index contributed by atoms with van der Waals surface area (Å²) in [7, 11) is 0. The Hall–Kier alpha value is -1.14. The Labute approximate surface area is 130 Å². The van der Waals surface area contributed by atoms with Crippen molar-refractivity contribution in [1.82, 2.24) is 10.6 Å². The Morgan fingerprint density at radius 2 is 2.10 bits per heavy atom. The van der Waals surface area contributed by atoms with Gasteiger partial charge in [0.15, 0.2) is 5.78 Å². The number of carbonyl (C=O) groups excluding carboxylic acids is 3. The third kappa shape index (κ3) is 5.63. The Kier molecular flexibility index (Phi) is 7.11. The summed E-state index contributed by atoms with van der Waals surface area (Å²) in [5.74, 6) is -0.875. The number of alkyl halides is 1. The van der Waals surface area contributed by atoms with E-state index in [1.807, 2.05) is 13.8 Å². The predicted octanol–water partition coefficient (Wildman–Crippen LogP) is 0.179. The predicted molar refractivity (Wildman–Crippen MR) is 80.8 cm³/mol. The Morgan fingerprint density at radius 3 is 2.52 bits per heavy atom. The van der Waals surface area contributed by atoms with Crippen LogP contribution in [0, 0.1) is 11.8 Å². The molecule has 1 aliphatic heterocycles. The number of amides is 2. The minimum atomic E-state index is -0.618. The van der Waals surface area contributed by atoms with Gasteiger partial charge in [0.1, 0.15) is 0 Å². The largest absolute Gasteiger partial charge is 0.368 e. The maximum Gasteiger partial charge on any atom is 0.234 e. The summed E-state index contributed by atoms with van der Waals surface area (Å²) in [5, 5.41) is 5.73. The molecular weight excluding hydrogens is 294 g/mol. The number of ketones is 1. The fourth-order valence-corrected chi connectivity index (χ4v) is 2.71. The van der Waals surface area contributed by atoms with Crippen LogP contribution in [0.25, 0.3) is 0 Å². The molecular formula is C14H24ClN3O3. The van der Waals surface area contributed by atoms with E-state index in [9.17, 15) is 14.4 Å². The van der Waals surface area contributed by atoms with E-state index in [-0.39, 0.29) is 29.4 Å². The van der Waals surface area contributed by atoms with Crippen molar-refractivity contribution in [1.29, 1.82) is 0 Å². The third-order valence-corrected chi connectivity index (χ3v) is 3.92. The van der Waals surface area contributed by atoms with Gasteiger partial charge in [0.25, 0.3) is 0 Å². The van der Waals surface area contributed by atoms with Crippen molar-refractivity contribution in [3.8, 4) is 0 Å². The number of nitrogens with two attached hydrogens (primary N) is 1. The van der Waals surface area contributed by atoms with Crippen LogP contribution in [0.5, 0.6) is 0 Å². The molecule has 1 fully saturated rings. The average molecular weight is 318 g/mol. The number of rotatable bonds is 9. The Balaban J connectivity index is 2.73. The second-order valence-corrected chi connectivity index (χ2v) is 6.18. The van der Waals surface area contributed by atoms with Gasteiger partial charge in [-0.3, -0.25) is 19.7 Å². The molecule has 0 radical (unpaired) electrons. The molecule has 0 spiro atoms. The standard InChI is InChI=1S/C14H24ClN3O3/c1-8(2)5-11(13(16)20)18-10(12(19)7-15)6-9-3-4-17-14(9)21/h8-11,18H,3-7H2,1-2H3,(H2,16,20)(H,17,21)/t9-,10-,11-/m0/s1. The molecule has 1 aliphatic rings. The minimum Gasteiger partial charge on any atom is -0.368 e. The van der Waals surface area contributed by atoms with Crippen molar-refractivity contribution in [2.45, 2.75) is 45.2 Å². The molecule has 0 aromatic rings. The van der Waals surface area contributed by atoms with Gasteiger partial charge in [0, 0.05) is 12.5 Å². The molecule has 6 nitrogen and oxygen atoms in total. The molecule has 2 amide bonds. The van der Waals surface area contributed by atoms with Crippen LogP contribution in [0.15, 0.2) is 0 Å². The summed E-state index contributed by atoms with van der Waals surface area (Å²) in [6, 6.07) is -1.21. The Morgan fingerprint density at radius 1 is 1.43 bits per heavy atom. The van der Waals surface area contributed by atoms with Crippen LogP contribution in [-0.2, 0) is 14.4 Å². The topological polar surface area (TPSA) is 101 Å². The van der Waals surface area contributed by atoms with Gasteiger partial charge < -0.3 is 11.1 Å². The lowest BCUT2D eigenvalue weighted by Gasteiger charge is -2.25. The van der Waals surface area contributed by atoms with Gasteiger partial charge in [-0.1, -0.05) is 13.8 Å². The third-order valence-electron chi connectivity index (χ3n) is 3.66. The molecule has 21 heavy (non-hydrogen) atoms. The molecule has 0 saturated carbocycles. The highest BCUT2D eigenvalue weighted by atomic mass is 35.5. The van der Waals surface area contributed by atoms with Gasteiger partial charge in [-0.15, -0.1) is 11.6 Å². The lowest BCUT2D eigenvalue weighted by Crippen LogP contribution is -2.51. The van der Waals surface area contributed by atoms with Crippen LogP contribution >= 0.6 is 11.6 Å². The van der Waals surface area contributed by atoms with E-state index in [1.165, 1.54) is 0 Å². The summed E-state index contributed by atoms with van der Waals surface area (Å²) in [4.78, 5) is 35.1. The average Bonchev–Trinajstić information content (AvgIpc) is 2.81. The number of primary amides is 1. The number of hydrogen-bond acceptors (Lipinski definition) is 4. The highest BCUT2D eigenvalue weighted by Crippen LogP contribution is 2.18. The van der Waals surface area contributed by atoms with Crippen LogP contribution < -0.4 is 16.4 Å². The highest BCUT2D eigenvalue weighted by molar-refractivity contribution is 6.28. The van der Waals surface area contributed by atoms with Crippen molar-refractivity contribution in [3.05, 3.63) is 0 Å². The Bertz CT molecular complexity index is 401. The van der Waals surface area contributed by atoms with Crippen LogP contribution in [0.1, 0.15) is 33.1 Å². The first-order valence-electron chi connectivity index (χ1n) is 7.26. The van der Waals surface area contributed by atoms with Crippen molar-refractivity contribution >= 4 is 29.2 Å². The zero-order chi connectivity index (χ0) is 16.0.